The first-order chi connectivity index (χ1) is 8.46. The molecule has 104 valence electrons. The maximum atomic E-state index is 12.4. The number of nitrogens with two attached hydrogens (primary N) is 1. The Morgan fingerprint density at radius 1 is 1.56 bits per heavy atom. The molecule has 0 aromatic carbocycles. The van der Waals surface area contributed by atoms with Gasteiger partial charge >= 0.3 is 0 Å². The lowest BCUT2D eigenvalue weighted by Crippen LogP contribution is -2.82. The van der Waals surface area contributed by atoms with Crippen molar-refractivity contribution in [2.75, 3.05) is 25.2 Å². The molecule has 1 aliphatic heterocycles. The van der Waals surface area contributed by atoms with Crippen molar-refractivity contribution in [3.8, 4) is 0 Å². The quantitative estimate of drug-likeness (QED) is 0.749. The Labute approximate surface area is 113 Å². The molecule has 0 spiro atoms. The van der Waals surface area contributed by atoms with Crippen molar-refractivity contribution in [2.24, 2.45) is 17.1 Å². The largest absolute Gasteiger partial charge is 0.377 e. The molecule has 4 nitrogen and oxygen atoms in total. The summed E-state index contributed by atoms with van der Waals surface area (Å²) in [6.07, 6.45) is 4.18. The van der Waals surface area contributed by atoms with Gasteiger partial charge in [-0.3, -0.25) is 4.79 Å². The van der Waals surface area contributed by atoms with Crippen LogP contribution in [0.15, 0.2) is 0 Å². The lowest BCUT2D eigenvalue weighted by molar-refractivity contribution is -0.225. The first-order valence-corrected chi connectivity index (χ1v) is 8.03. The number of hydrogen-bond donors (Lipinski definition) is 2. The lowest BCUT2D eigenvalue weighted by atomic mass is 9.46. The van der Waals surface area contributed by atoms with Crippen LogP contribution in [-0.2, 0) is 9.53 Å². The third-order valence-corrected chi connectivity index (χ3v) is 5.26. The van der Waals surface area contributed by atoms with Crippen LogP contribution in [0.1, 0.15) is 26.7 Å². The highest BCUT2D eigenvalue weighted by Gasteiger charge is 2.70. The van der Waals surface area contributed by atoms with Gasteiger partial charge in [0.25, 0.3) is 0 Å². The van der Waals surface area contributed by atoms with E-state index in [4.69, 9.17) is 10.5 Å². The molecule has 1 amide bonds. The zero-order chi connectivity index (χ0) is 13.4. The highest BCUT2D eigenvalue weighted by atomic mass is 32.2. The molecule has 3 unspecified atom stereocenters. The molecule has 3 atom stereocenters. The van der Waals surface area contributed by atoms with Gasteiger partial charge in [0.15, 0.2) is 0 Å². The minimum absolute atomic E-state index is 0.00620. The predicted molar refractivity (Wildman–Crippen MR) is 74.6 cm³/mol. The van der Waals surface area contributed by atoms with Crippen molar-refractivity contribution in [1.82, 2.24) is 5.32 Å². The molecule has 0 radical (unpaired) electrons. The van der Waals surface area contributed by atoms with Gasteiger partial charge < -0.3 is 15.8 Å². The minimum atomic E-state index is -0.767. The van der Waals surface area contributed by atoms with Gasteiger partial charge in [-0.25, -0.2) is 0 Å². The van der Waals surface area contributed by atoms with Crippen molar-refractivity contribution in [3.05, 3.63) is 0 Å². The number of fused-ring (bicyclic) bond motifs is 1. The summed E-state index contributed by atoms with van der Waals surface area (Å²) >= 11 is 1.72. The highest BCUT2D eigenvalue weighted by molar-refractivity contribution is 7.98. The molecule has 0 bridgehead atoms. The Kier molecular flexibility index (Phi) is 3.95. The second kappa shape index (κ2) is 5.02. The molecule has 2 aliphatic rings. The van der Waals surface area contributed by atoms with E-state index in [2.05, 4.69) is 5.32 Å². The van der Waals surface area contributed by atoms with E-state index < -0.39 is 5.54 Å². The van der Waals surface area contributed by atoms with Crippen LogP contribution in [0.3, 0.4) is 0 Å². The average Bonchev–Trinajstić information content (AvgIpc) is 2.37. The standard InChI is InChI=1S/C13H24N2O2S/c1-12(2)10-9(5-4-7-17-10)13(12,14)11(16)15-6-8-18-3/h9-10H,4-8,14H2,1-3H3,(H,15,16). The third-order valence-electron chi connectivity index (χ3n) is 4.65. The zero-order valence-corrected chi connectivity index (χ0v) is 12.3. The number of carbonyl (C=O) groups is 1. The third kappa shape index (κ3) is 1.87. The SMILES string of the molecule is CSCCNC(=O)C1(N)C2CCCOC2C1(C)C. The molecule has 5 heteroatoms. The molecule has 2 rings (SSSR count). The van der Waals surface area contributed by atoms with Crippen molar-refractivity contribution in [2.45, 2.75) is 38.3 Å². The van der Waals surface area contributed by atoms with Gasteiger partial charge in [-0.15, -0.1) is 0 Å². The van der Waals surface area contributed by atoms with Gasteiger partial charge in [0.1, 0.15) is 5.54 Å². The van der Waals surface area contributed by atoms with E-state index in [0.29, 0.717) is 6.54 Å². The van der Waals surface area contributed by atoms with Crippen molar-refractivity contribution in [3.63, 3.8) is 0 Å². The first-order valence-electron chi connectivity index (χ1n) is 6.64. The topological polar surface area (TPSA) is 64.4 Å². The number of hydrogen-bond acceptors (Lipinski definition) is 4. The maximum absolute atomic E-state index is 12.4. The van der Waals surface area contributed by atoms with E-state index in [0.717, 1.165) is 25.2 Å². The first kappa shape index (κ1) is 14.2. The molecule has 2 fully saturated rings. The average molecular weight is 272 g/mol. The van der Waals surface area contributed by atoms with Gasteiger partial charge in [0.2, 0.25) is 5.91 Å². The zero-order valence-electron chi connectivity index (χ0n) is 11.5. The minimum Gasteiger partial charge on any atom is -0.377 e. The van der Waals surface area contributed by atoms with Crippen molar-refractivity contribution in [1.29, 1.82) is 0 Å². The summed E-state index contributed by atoms with van der Waals surface area (Å²) in [5.41, 5.74) is 5.42. The van der Waals surface area contributed by atoms with Crippen LogP contribution in [-0.4, -0.2) is 42.7 Å². The molecule has 1 aliphatic carbocycles. The fourth-order valence-corrected chi connectivity index (χ4v) is 3.76. The van der Waals surface area contributed by atoms with E-state index in [1.165, 1.54) is 0 Å². The van der Waals surface area contributed by atoms with Gasteiger partial charge in [-0.2, -0.15) is 11.8 Å². The van der Waals surface area contributed by atoms with Crippen molar-refractivity contribution >= 4 is 17.7 Å². The summed E-state index contributed by atoms with van der Waals surface area (Å²) in [6.45, 7) is 5.59. The van der Waals surface area contributed by atoms with E-state index in [-0.39, 0.29) is 23.3 Å². The molecule has 1 saturated carbocycles. The number of ether oxygens (including phenoxy) is 1. The molecular formula is C13H24N2O2S. The molecular weight excluding hydrogens is 248 g/mol. The Hall–Kier alpha value is -0.260. The molecule has 1 saturated heterocycles. The normalized spacial score (nSPS) is 37.6. The van der Waals surface area contributed by atoms with Crippen LogP contribution < -0.4 is 11.1 Å². The van der Waals surface area contributed by atoms with Crippen LogP contribution >= 0.6 is 11.8 Å². The Morgan fingerprint density at radius 2 is 2.28 bits per heavy atom. The van der Waals surface area contributed by atoms with Gasteiger partial charge in [-0.1, -0.05) is 13.8 Å². The summed E-state index contributed by atoms with van der Waals surface area (Å²) in [7, 11) is 0. The number of nitrogens with one attached hydrogen (secondary N) is 1. The number of amides is 1. The number of rotatable bonds is 4. The molecule has 1 heterocycles. The van der Waals surface area contributed by atoms with E-state index >= 15 is 0 Å². The second-order valence-corrected chi connectivity index (χ2v) is 6.87. The molecule has 3 N–H and O–H groups in total. The van der Waals surface area contributed by atoms with Crippen LogP contribution in [0, 0.1) is 11.3 Å². The smallest absolute Gasteiger partial charge is 0.241 e. The van der Waals surface area contributed by atoms with E-state index in [1.54, 1.807) is 11.8 Å². The fourth-order valence-electron chi connectivity index (χ4n) is 3.45. The van der Waals surface area contributed by atoms with Gasteiger partial charge in [0.05, 0.1) is 6.10 Å². The number of carbonyl (C=O) groups excluding carboxylic acids is 1. The highest BCUT2D eigenvalue weighted by Crippen LogP contribution is 2.57. The summed E-state index contributed by atoms with van der Waals surface area (Å²) < 4.78 is 5.80. The van der Waals surface area contributed by atoms with Gasteiger partial charge in [-0.05, 0) is 19.1 Å². The monoisotopic (exact) mass is 272 g/mol. The maximum Gasteiger partial charge on any atom is 0.241 e. The molecule has 18 heavy (non-hydrogen) atoms. The van der Waals surface area contributed by atoms with Crippen LogP contribution in [0.5, 0.6) is 0 Å². The Morgan fingerprint density at radius 3 is 2.94 bits per heavy atom. The lowest BCUT2D eigenvalue weighted by Gasteiger charge is -2.65. The second-order valence-electron chi connectivity index (χ2n) is 5.88. The Balaban J connectivity index is 2.06. The van der Waals surface area contributed by atoms with Crippen LogP contribution in [0.4, 0.5) is 0 Å². The fraction of sp³-hybridized carbons (Fsp3) is 0.923. The molecule has 0 aromatic heterocycles. The summed E-state index contributed by atoms with van der Waals surface area (Å²) in [5.74, 6) is 1.09. The van der Waals surface area contributed by atoms with E-state index in [1.807, 2.05) is 20.1 Å². The number of thioether (sulfide) groups is 1. The Bertz CT molecular complexity index is 335. The summed E-state index contributed by atoms with van der Waals surface area (Å²) in [4.78, 5) is 12.4. The van der Waals surface area contributed by atoms with Crippen LogP contribution in [0.2, 0.25) is 0 Å². The van der Waals surface area contributed by atoms with E-state index in [9.17, 15) is 4.79 Å². The molecule has 0 aromatic rings. The summed E-state index contributed by atoms with van der Waals surface area (Å²) in [6, 6.07) is 0. The predicted octanol–water partition coefficient (Wildman–Crippen LogP) is 0.998. The van der Waals surface area contributed by atoms with Gasteiger partial charge in [0, 0.05) is 30.2 Å². The summed E-state index contributed by atoms with van der Waals surface area (Å²) in [5, 5.41) is 2.97. The van der Waals surface area contributed by atoms with Crippen molar-refractivity contribution < 1.29 is 9.53 Å². The van der Waals surface area contributed by atoms with Crippen LogP contribution in [0.25, 0.3) is 0 Å².